The summed E-state index contributed by atoms with van der Waals surface area (Å²) in [6.45, 7) is 2.22. The van der Waals surface area contributed by atoms with Crippen LogP contribution in [-0.4, -0.2) is 5.88 Å². The maximum atomic E-state index is 5.72. The third-order valence-corrected chi connectivity index (χ3v) is 2.88. The van der Waals surface area contributed by atoms with E-state index in [-0.39, 0.29) is 0 Å². The summed E-state index contributed by atoms with van der Waals surface area (Å²) in [5, 5.41) is 0. The topological polar surface area (TPSA) is 0 Å². The Hall–Kier alpha value is 0.0300. The zero-order chi connectivity index (χ0) is 8.10. The second-order valence-corrected chi connectivity index (χ2v) is 3.86. The molecule has 0 bridgehead atoms. The Morgan fingerprint density at radius 1 is 1.64 bits per heavy atom. The Morgan fingerprint density at radius 3 is 3.00 bits per heavy atom. The van der Waals surface area contributed by atoms with Gasteiger partial charge < -0.3 is 0 Å². The van der Waals surface area contributed by atoms with Crippen LogP contribution < -0.4 is 0 Å². The predicted octanol–water partition coefficient (Wildman–Crippen LogP) is 3.75. The summed E-state index contributed by atoms with van der Waals surface area (Å²) in [4.78, 5) is 0. The molecule has 0 saturated carbocycles. The first-order valence-electron chi connectivity index (χ1n) is 4.57. The molecule has 0 radical (unpaired) electrons. The molecule has 1 aliphatic carbocycles. The monoisotopic (exact) mass is 172 g/mol. The number of hydrogen-bond donors (Lipinski definition) is 0. The van der Waals surface area contributed by atoms with E-state index in [9.17, 15) is 0 Å². The molecule has 0 amide bonds. The maximum Gasteiger partial charge on any atom is 0.0249 e. The lowest BCUT2D eigenvalue weighted by Crippen LogP contribution is -1.95. The van der Waals surface area contributed by atoms with Crippen molar-refractivity contribution >= 4 is 11.6 Å². The molecular formula is C10H17Cl. The highest BCUT2D eigenvalue weighted by molar-refractivity contribution is 6.18. The van der Waals surface area contributed by atoms with Crippen LogP contribution in [0.1, 0.15) is 39.0 Å². The van der Waals surface area contributed by atoms with Gasteiger partial charge in [0.05, 0.1) is 0 Å². The van der Waals surface area contributed by atoms with Crippen LogP contribution in [0.4, 0.5) is 0 Å². The van der Waals surface area contributed by atoms with Crippen molar-refractivity contribution in [3.8, 4) is 0 Å². The number of halogens is 1. The number of alkyl halides is 1. The molecular weight excluding hydrogens is 156 g/mol. The van der Waals surface area contributed by atoms with Gasteiger partial charge in [0.2, 0.25) is 0 Å². The number of allylic oxidation sites excluding steroid dienone is 2. The molecule has 0 N–H and O–H groups in total. The van der Waals surface area contributed by atoms with Crippen molar-refractivity contribution in [2.45, 2.75) is 39.0 Å². The average molecular weight is 173 g/mol. The van der Waals surface area contributed by atoms with Gasteiger partial charge in [-0.15, -0.1) is 11.6 Å². The summed E-state index contributed by atoms with van der Waals surface area (Å²) in [5.74, 6) is 1.51. The fraction of sp³-hybridized carbons (Fsp3) is 0.800. The number of rotatable bonds is 4. The van der Waals surface area contributed by atoms with Crippen molar-refractivity contribution < 1.29 is 0 Å². The van der Waals surface area contributed by atoms with Crippen LogP contribution in [0.3, 0.4) is 0 Å². The van der Waals surface area contributed by atoms with Crippen LogP contribution in [0.5, 0.6) is 0 Å². The molecule has 64 valence electrons. The van der Waals surface area contributed by atoms with Gasteiger partial charge in [-0.3, -0.25) is 0 Å². The molecule has 0 nitrogen and oxygen atoms in total. The highest BCUT2D eigenvalue weighted by Gasteiger charge is 2.06. The lowest BCUT2D eigenvalue weighted by atomic mass is 10.0. The zero-order valence-corrected chi connectivity index (χ0v) is 8.03. The molecule has 0 fully saturated rings. The van der Waals surface area contributed by atoms with E-state index in [2.05, 4.69) is 13.0 Å². The van der Waals surface area contributed by atoms with Gasteiger partial charge in [-0.05, 0) is 38.0 Å². The second kappa shape index (κ2) is 4.82. The van der Waals surface area contributed by atoms with E-state index in [1.165, 1.54) is 32.1 Å². The normalized spacial score (nSPS) is 20.0. The fourth-order valence-corrected chi connectivity index (χ4v) is 1.63. The molecule has 1 atom stereocenters. The van der Waals surface area contributed by atoms with Gasteiger partial charge in [-0.25, -0.2) is 0 Å². The smallest absolute Gasteiger partial charge is 0.0249 e. The van der Waals surface area contributed by atoms with Crippen LogP contribution in [0.25, 0.3) is 0 Å². The minimum atomic E-state index is 0.693. The molecule has 1 unspecified atom stereocenters. The zero-order valence-electron chi connectivity index (χ0n) is 7.28. The van der Waals surface area contributed by atoms with E-state index in [0.29, 0.717) is 5.92 Å². The Morgan fingerprint density at radius 2 is 2.45 bits per heavy atom. The van der Waals surface area contributed by atoms with E-state index >= 15 is 0 Å². The predicted molar refractivity (Wildman–Crippen MR) is 51.1 cm³/mol. The Kier molecular flexibility index (Phi) is 3.99. The van der Waals surface area contributed by atoms with Gasteiger partial charge in [-0.2, -0.15) is 0 Å². The summed E-state index contributed by atoms with van der Waals surface area (Å²) < 4.78 is 0. The molecule has 0 aromatic carbocycles. The van der Waals surface area contributed by atoms with Crippen LogP contribution in [-0.2, 0) is 0 Å². The molecule has 11 heavy (non-hydrogen) atoms. The summed E-state index contributed by atoms with van der Waals surface area (Å²) in [6, 6.07) is 0. The largest absolute Gasteiger partial charge is 0.126 e. The Balaban J connectivity index is 2.11. The molecule has 0 spiro atoms. The molecule has 1 heteroatoms. The van der Waals surface area contributed by atoms with Gasteiger partial charge in [-0.1, -0.05) is 18.6 Å². The van der Waals surface area contributed by atoms with Gasteiger partial charge in [0.15, 0.2) is 0 Å². The van der Waals surface area contributed by atoms with Crippen molar-refractivity contribution in [1.82, 2.24) is 0 Å². The van der Waals surface area contributed by atoms with Gasteiger partial charge in [0.1, 0.15) is 0 Å². The minimum Gasteiger partial charge on any atom is -0.126 e. The average Bonchev–Trinajstić information content (AvgIpc) is 2.52. The third kappa shape index (κ3) is 3.29. The summed E-state index contributed by atoms with van der Waals surface area (Å²) >= 11 is 5.72. The maximum absolute atomic E-state index is 5.72. The van der Waals surface area contributed by atoms with E-state index in [4.69, 9.17) is 11.6 Å². The van der Waals surface area contributed by atoms with Crippen LogP contribution in [0.2, 0.25) is 0 Å². The van der Waals surface area contributed by atoms with Crippen molar-refractivity contribution in [3.05, 3.63) is 11.6 Å². The first kappa shape index (κ1) is 9.12. The molecule has 0 aromatic rings. The van der Waals surface area contributed by atoms with Crippen LogP contribution in [0, 0.1) is 5.92 Å². The second-order valence-electron chi connectivity index (χ2n) is 3.55. The minimum absolute atomic E-state index is 0.693. The molecule has 1 rings (SSSR count). The van der Waals surface area contributed by atoms with Gasteiger partial charge >= 0.3 is 0 Å². The van der Waals surface area contributed by atoms with Crippen molar-refractivity contribution in [1.29, 1.82) is 0 Å². The summed E-state index contributed by atoms with van der Waals surface area (Å²) in [5.41, 5.74) is 1.67. The molecule has 1 aliphatic rings. The molecule has 0 heterocycles. The first-order valence-corrected chi connectivity index (χ1v) is 5.10. The van der Waals surface area contributed by atoms with Crippen molar-refractivity contribution in [3.63, 3.8) is 0 Å². The fourth-order valence-electron chi connectivity index (χ4n) is 1.47. The van der Waals surface area contributed by atoms with Gasteiger partial charge in [0.25, 0.3) is 0 Å². The molecule has 0 aliphatic heterocycles. The Labute approximate surface area is 74.6 Å². The number of hydrogen-bond acceptors (Lipinski definition) is 0. The lowest BCUT2D eigenvalue weighted by Gasteiger charge is -2.06. The molecule has 0 aromatic heterocycles. The van der Waals surface area contributed by atoms with E-state index in [0.717, 1.165) is 5.88 Å². The summed E-state index contributed by atoms with van der Waals surface area (Å²) in [7, 11) is 0. The highest BCUT2D eigenvalue weighted by Crippen LogP contribution is 2.23. The van der Waals surface area contributed by atoms with Crippen LogP contribution in [0.15, 0.2) is 11.6 Å². The van der Waals surface area contributed by atoms with E-state index in [1.54, 1.807) is 5.57 Å². The van der Waals surface area contributed by atoms with E-state index < -0.39 is 0 Å². The summed E-state index contributed by atoms with van der Waals surface area (Å²) in [6.07, 6.45) is 8.99. The lowest BCUT2D eigenvalue weighted by molar-refractivity contribution is 0.585. The van der Waals surface area contributed by atoms with Gasteiger partial charge in [0, 0.05) is 5.88 Å². The highest BCUT2D eigenvalue weighted by atomic mass is 35.5. The molecule has 0 saturated heterocycles. The standard InChI is InChI=1S/C10H17Cl/c1-9(8-11)6-7-10-4-2-3-5-10/h4,9H,2-3,5-8H2,1H3. The first-order chi connectivity index (χ1) is 5.33. The van der Waals surface area contributed by atoms with Crippen molar-refractivity contribution in [2.75, 3.05) is 5.88 Å². The SMILES string of the molecule is CC(CCl)CCC1=CCCC1. The quantitative estimate of drug-likeness (QED) is 0.448. The van der Waals surface area contributed by atoms with E-state index in [1.807, 2.05) is 0 Å². The van der Waals surface area contributed by atoms with Crippen molar-refractivity contribution in [2.24, 2.45) is 5.92 Å². The third-order valence-electron chi connectivity index (χ3n) is 2.36. The van der Waals surface area contributed by atoms with Crippen LogP contribution >= 0.6 is 11.6 Å². The Bertz CT molecular complexity index is 138.